The van der Waals surface area contributed by atoms with E-state index in [0.29, 0.717) is 17.0 Å². The van der Waals surface area contributed by atoms with Crippen molar-refractivity contribution in [3.8, 4) is 5.75 Å². The van der Waals surface area contributed by atoms with Crippen LogP contribution in [0.1, 0.15) is 6.92 Å². The molecule has 0 saturated carbocycles. The molecule has 0 saturated heterocycles. The van der Waals surface area contributed by atoms with Crippen LogP contribution in [0.2, 0.25) is 10.0 Å². The Hall–Kier alpha value is -1.58. The van der Waals surface area contributed by atoms with Crippen molar-refractivity contribution < 1.29 is 9.90 Å². The van der Waals surface area contributed by atoms with Crippen LogP contribution in [0, 0.1) is 0 Å². The quantitative estimate of drug-likeness (QED) is 0.742. The van der Waals surface area contributed by atoms with E-state index in [1.54, 1.807) is 19.1 Å². The lowest BCUT2D eigenvalue weighted by atomic mass is 10.1. The largest absolute Gasteiger partial charge is 0.870 e. The van der Waals surface area contributed by atoms with Gasteiger partial charge in [0.05, 0.1) is 11.4 Å². The normalized spacial score (nSPS) is 17.2. The van der Waals surface area contributed by atoms with Crippen LogP contribution in [-0.2, 0) is 4.79 Å². The van der Waals surface area contributed by atoms with Crippen LogP contribution < -0.4 is 5.11 Å². The van der Waals surface area contributed by atoms with Gasteiger partial charge in [0, 0.05) is 10.0 Å². The number of halogens is 2. The first kappa shape index (κ1) is 12.9. The summed E-state index contributed by atoms with van der Waals surface area (Å²) in [7, 11) is 0. The summed E-state index contributed by atoms with van der Waals surface area (Å²) in [6, 6.07) is 2.88. The lowest BCUT2D eigenvalue weighted by molar-refractivity contribution is -0.268. The van der Waals surface area contributed by atoms with Gasteiger partial charge < -0.3 is 5.11 Å². The third-order valence-corrected chi connectivity index (χ3v) is 2.96. The third kappa shape index (κ3) is 2.63. The number of aliphatic imine (C=N–C) groups is 1. The lowest BCUT2D eigenvalue weighted by Crippen LogP contribution is -2.04. The molecule has 1 aromatic carbocycles. The van der Waals surface area contributed by atoms with E-state index in [4.69, 9.17) is 23.2 Å². The highest BCUT2D eigenvalue weighted by Gasteiger charge is 2.07. The maximum Gasteiger partial charge on any atom is 0.181 e. The van der Waals surface area contributed by atoms with Gasteiger partial charge in [-0.2, -0.15) is 0 Å². The number of benzene rings is 1. The van der Waals surface area contributed by atoms with Crippen LogP contribution >= 0.6 is 23.2 Å². The molecule has 1 aromatic rings. The molecule has 5 heteroatoms. The molecule has 0 aromatic heterocycles. The molecule has 0 bridgehead atoms. The molecule has 18 heavy (non-hydrogen) atoms. The van der Waals surface area contributed by atoms with E-state index in [-0.39, 0.29) is 15.8 Å². The summed E-state index contributed by atoms with van der Waals surface area (Å²) >= 11 is 11.5. The van der Waals surface area contributed by atoms with Gasteiger partial charge in [0.15, 0.2) is 5.78 Å². The Morgan fingerprint density at radius 1 is 1.17 bits per heavy atom. The Labute approximate surface area is 114 Å². The van der Waals surface area contributed by atoms with E-state index < -0.39 is 5.75 Å². The molecule has 2 rings (SSSR count). The molecule has 0 heterocycles. The molecule has 0 radical (unpaired) electrons. The molecule has 0 fully saturated rings. The van der Waals surface area contributed by atoms with Gasteiger partial charge in [-0.05, 0) is 42.9 Å². The molecule has 92 valence electrons. The molecule has 0 amide bonds. The average Bonchev–Trinajstić information content (AvgIpc) is 2.31. The number of allylic oxidation sites excluding steroid dienone is 4. The van der Waals surface area contributed by atoms with Crippen LogP contribution in [0.4, 0.5) is 5.69 Å². The van der Waals surface area contributed by atoms with E-state index in [0.717, 1.165) is 0 Å². The number of rotatable bonds is 1. The first-order valence-electron chi connectivity index (χ1n) is 5.13. The van der Waals surface area contributed by atoms with E-state index in [1.165, 1.54) is 18.2 Å². The minimum Gasteiger partial charge on any atom is -0.870 e. The zero-order valence-electron chi connectivity index (χ0n) is 9.41. The first-order valence-corrected chi connectivity index (χ1v) is 5.88. The highest BCUT2D eigenvalue weighted by molar-refractivity contribution is 6.37. The van der Waals surface area contributed by atoms with E-state index in [1.807, 2.05) is 0 Å². The van der Waals surface area contributed by atoms with E-state index in [9.17, 15) is 9.90 Å². The summed E-state index contributed by atoms with van der Waals surface area (Å²) in [6.45, 7) is 1.71. The number of hydrogen-bond donors (Lipinski definition) is 0. The summed E-state index contributed by atoms with van der Waals surface area (Å²) in [4.78, 5) is 15.5. The molecule has 0 N–H and O–H groups in total. The summed E-state index contributed by atoms with van der Waals surface area (Å²) < 4.78 is 0. The number of carbonyl (C=O) groups excluding carboxylic acids is 1. The second-order valence-electron chi connectivity index (χ2n) is 3.80. The van der Waals surface area contributed by atoms with Crippen molar-refractivity contribution in [3.05, 3.63) is 46.0 Å². The molecular weight excluding hydrogens is 273 g/mol. The Morgan fingerprint density at radius 3 is 2.33 bits per heavy atom. The van der Waals surface area contributed by atoms with Crippen molar-refractivity contribution in [2.24, 2.45) is 4.99 Å². The maximum atomic E-state index is 11.3. The standard InChI is InChI=1S/C13H9Cl2NO2/c1-7-4-8(2-3-12(7)17)16-9-5-10(14)13(18)11(15)6-9/h2-6,18H,1H3/p-1. The van der Waals surface area contributed by atoms with Crippen molar-refractivity contribution in [2.45, 2.75) is 6.92 Å². The summed E-state index contributed by atoms with van der Waals surface area (Å²) in [6.07, 6.45) is 4.71. The van der Waals surface area contributed by atoms with Gasteiger partial charge in [-0.25, -0.2) is 4.99 Å². The van der Waals surface area contributed by atoms with Crippen LogP contribution in [0.3, 0.4) is 0 Å². The van der Waals surface area contributed by atoms with Crippen LogP contribution in [-0.4, -0.2) is 11.5 Å². The number of nitrogens with zero attached hydrogens (tertiary/aromatic N) is 1. The van der Waals surface area contributed by atoms with Crippen molar-refractivity contribution in [2.75, 3.05) is 0 Å². The summed E-state index contributed by atoms with van der Waals surface area (Å²) in [5.74, 6) is -0.455. The predicted molar refractivity (Wildman–Crippen MR) is 70.9 cm³/mol. The molecular formula is C13H8Cl2NO2-. The zero-order chi connectivity index (χ0) is 13.3. The van der Waals surface area contributed by atoms with Crippen molar-refractivity contribution >= 4 is 40.4 Å². The Morgan fingerprint density at radius 2 is 1.78 bits per heavy atom. The molecule has 3 nitrogen and oxygen atoms in total. The van der Waals surface area contributed by atoms with Crippen LogP contribution in [0.5, 0.6) is 5.75 Å². The highest BCUT2D eigenvalue weighted by atomic mass is 35.5. The van der Waals surface area contributed by atoms with Gasteiger partial charge >= 0.3 is 0 Å². The molecule has 0 aliphatic heterocycles. The molecule has 1 aliphatic carbocycles. The second-order valence-corrected chi connectivity index (χ2v) is 4.61. The molecule has 0 unspecified atom stereocenters. The topological polar surface area (TPSA) is 52.5 Å². The van der Waals surface area contributed by atoms with Gasteiger partial charge in [-0.3, -0.25) is 4.79 Å². The highest BCUT2D eigenvalue weighted by Crippen LogP contribution is 2.33. The van der Waals surface area contributed by atoms with E-state index >= 15 is 0 Å². The van der Waals surface area contributed by atoms with E-state index in [2.05, 4.69) is 4.99 Å². The zero-order valence-corrected chi connectivity index (χ0v) is 10.9. The smallest absolute Gasteiger partial charge is 0.181 e. The molecule has 0 atom stereocenters. The third-order valence-electron chi connectivity index (χ3n) is 2.40. The van der Waals surface area contributed by atoms with Gasteiger partial charge in [0.2, 0.25) is 0 Å². The fraction of sp³-hybridized carbons (Fsp3) is 0.0769. The molecule has 0 spiro atoms. The van der Waals surface area contributed by atoms with Crippen molar-refractivity contribution in [1.29, 1.82) is 0 Å². The van der Waals surface area contributed by atoms with Gasteiger partial charge in [-0.15, -0.1) is 0 Å². The van der Waals surface area contributed by atoms with Crippen molar-refractivity contribution in [3.63, 3.8) is 0 Å². The van der Waals surface area contributed by atoms with Gasteiger partial charge in [-0.1, -0.05) is 29.0 Å². The van der Waals surface area contributed by atoms with Gasteiger partial charge in [0.25, 0.3) is 0 Å². The average molecular weight is 281 g/mol. The Balaban J connectivity index is 2.41. The lowest BCUT2D eigenvalue weighted by Gasteiger charge is -2.11. The SMILES string of the molecule is CC1=CC(=Nc2cc(Cl)c([O-])c(Cl)c2)C=CC1=O. The summed E-state index contributed by atoms with van der Waals surface area (Å²) in [5, 5.41) is 11.4. The number of carbonyl (C=O) groups is 1. The van der Waals surface area contributed by atoms with Gasteiger partial charge in [0.1, 0.15) is 0 Å². The van der Waals surface area contributed by atoms with Crippen LogP contribution in [0.25, 0.3) is 0 Å². The fourth-order valence-electron chi connectivity index (χ4n) is 1.46. The minimum absolute atomic E-state index is 0.0263. The monoisotopic (exact) mass is 280 g/mol. The second kappa shape index (κ2) is 4.96. The maximum absolute atomic E-state index is 11.3. The Kier molecular flexibility index (Phi) is 3.55. The van der Waals surface area contributed by atoms with Crippen molar-refractivity contribution in [1.82, 2.24) is 0 Å². The molecule has 1 aliphatic rings. The predicted octanol–water partition coefficient (Wildman–Crippen LogP) is 3.22. The fourth-order valence-corrected chi connectivity index (χ4v) is 1.94. The number of hydrogen-bond acceptors (Lipinski definition) is 3. The summed E-state index contributed by atoms with van der Waals surface area (Å²) in [5.41, 5.74) is 1.69. The van der Waals surface area contributed by atoms with Crippen LogP contribution in [0.15, 0.2) is 40.9 Å². The first-order chi connectivity index (χ1) is 8.47. The number of ketones is 1. The Bertz CT molecular complexity index is 592. The minimum atomic E-state index is -0.414.